The van der Waals surface area contributed by atoms with E-state index >= 15 is 0 Å². The third-order valence-corrected chi connectivity index (χ3v) is 6.85. The Balaban J connectivity index is 0.00000200. The van der Waals surface area contributed by atoms with E-state index < -0.39 is 5.97 Å². The van der Waals surface area contributed by atoms with Crippen molar-refractivity contribution < 1.29 is 19.4 Å². The van der Waals surface area contributed by atoms with E-state index in [2.05, 4.69) is 16.0 Å². The molecule has 3 heterocycles. The number of aromatic nitrogens is 1. The van der Waals surface area contributed by atoms with Crippen LogP contribution in [0.25, 0.3) is 5.57 Å². The van der Waals surface area contributed by atoms with Crippen molar-refractivity contribution >= 4 is 65.4 Å². The summed E-state index contributed by atoms with van der Waals surface area (Å²) in [4.78, 5) is 20.3. The number of halogens is 4. The molecule has 0 aliphatic carbocycles. The van der Waals surface area contributed by atoms with Crippen LogP contribution in [0.2, 0.25) is 10.0 Å². The molecule has 11 heteroatoms. The van der Waals surface area contributed by atoms with Crippen molar-refractivity contribution in [3.8, 4) is 11.5 Å². The summed E-state index contributed by atoms with van der Waals surface area (Å²) >= 11 is 12.7. The second-order valence-corrected chi connectivity index (χ2v) is 9.48. The molecule has 2 aliphatic heterocycles. The number of carboxylic acid groups (broad SMARTS) is 1. The highest BCUT2D eigenvalue weighted by atomic mass is 35.5. The first-order valence-electron chi connectivity index (χ1n) is 11.7. The Labute approximate surface area is 243 Å². The normalized spacial score (nSPS) is 14.8. The number of pyridine rings is 1. The van der Waals surface area contributed by atoms with Crippen molar-refractivity contribution in [1.29, 1.82) is 0 Å². The minimum atomic E-state index is -0.958. The van der Waals surface area contributed by atoms with E-state index in [0.717, 1.165) is 42.8 Å². The van der Waals surface area contributed by atoms with Crippen LogP contribution in [-0.2, 0) is 0 Å². The van der Waals surface area contributed by atoms with Gasteiger partial charge in [-0.15, -0.1) is 24.8 Å². The first-order chi connectivity index (χ1) is 17.5. The van der Waals surface area contributed by atoms with Gasteiger partial charge in [0.2, 0.25) is 6.79 Å². The highest BCUT2D eigenvalue weighted by Gasteiger charge is 2.23. The quantitative estimate of drug-likeness (QED) is 0.369. The third-order valence-electron chi connectivity index (χ3n) is 6.38. The number of benzene rings is 2. The molecular weight excluding hydrogens is 572 g/mol. The predicted molar refractivity (Wildman–Crippen MR) is 155 cm³/mol. The van der Waals surface area contributed by atoms with Crippen LogP contribution in [0.1, 0.15) is 27.9 Å². The number of hydrogen-bond donors (Lipinski definition) is 1. The van der Waals surface area contributed by atoms with Gasteiger partial charge in [0.05, 0.1) is 0 Å². The average molecular weight is 599 g/mol. The molecular formula is C27H27Cl4N3O4. The first kappa shape index (κ1) is 29.9. The fourth-order valence-corrected chi connectivity index (χ4v) is 4.93. The van der Waals surface area contributed by atoms with E-state index in [4.69, 9.17) is 32.7 Å². The van der Waals surface area contributed by atoms with E-state index in [-0.39, 0.29) is 37.2 Å². The summed E-state index contributed by atoms with van der Waals surface area (Å²) in [6, 6.07) is 14.4. The van der Waals surface area contributed by atoms with E-state index in [1.807, 2.05) is 29.2 Å². The largest absolute Gasteiger partial charge is 0.478 e. The molecule has 1 aromatic heterocycles. The smallest absolute Gasteiger partial charge is 0.339 e. The molecule has 1 fully saturated rings. The summed E-state index contributed by atoms with van der Waals surface area (Å²) in [5.74, 6) is 0.979. The number of hydrogen-bond acceptors (Lipinski definition) is 6. The Morgan fingerprint density at radius 3 is 2.13 bits per heavy atom. The molecule has 0 amide bonds. The molecule has 2 aliphatic rings. The van der Waals surface area contributed by atoms with Crippen molar-refractivity contribution in [1.82, 2.24) is 9.88 Å². The number of aromatic carboxylic acids is 1. The molecule has 3 aromatic rings. The lowest BCUT2D eigenvalue weighted by Crippen LogP contribution is -2.47. The van der Waals surface area contributed by atoms with Crippen LogP contribution in [0.15, 0.2) is 60.8 Å². The molecule has 0 unspecified atom stereocenters. The van der Waals surface area contributed by atoms with Gasteiger partial charge in [-0.25, -0.2) is 9.78 Å². The summed E-state index contributed by atoms with van der Waals surface area (Å²) in [5.41, 5.74) is 2.99. The number of piperazine rings is 1. The Bertz CT molecular complexity index is 1260. The highest BCUT2D eigenvalue weighted by molar-refractivity contribution is 6.31. The van der Waals surface area contributed by atoms with Gasteiger partial charge in [-0.3, -0.25) is 4.90 Å². The van der Waals surface area contributed by atoms with Gasteiger partial charge in [0, 0.05) is 60.1 Å². The topological polar surface area (TPSA) is 75.1 Å². The predicted octanol–water partition coefficient (Wildman–Crippen LogP) is 6.30. The van der Waals surface area contributed by atoms with Crippen LogP contribution in [0.5, 0.6) is 11.5 Å². The molecule has 1 saturated heterocycles. The maximum Gasteiger partial charge on any atom is 0.339 e. The Kier molecular flexibility index (Phi) is 10.5. The summed E-state index contributed by atoms with van der Waals surface area (Å²) in [6.45, 7) is 4.00. The second kappa shape index (κ2) is 13.4. The fourth-order valence-electron chi connectivity index (χ4n) is 4.59. The maximum atomic E-state index is 11.6. The van der Waals surface area contributed by atoms with Crippen LogP contribution < -0.4 is 14.4 Å². The molecule has 5 rings (SSSR count). The zero-order valence-electron chi connectivity index (χ0n) is 20.3. The zero-order chi connectivity index (χ0) is 25.1. The minimum Gasteiger partial charge on any atom is -0.478 e. The monoisotopic (exact) mass is 597 g/mol. The van der Waals surface area contributed by atoms with E-state index in [1.165, 1.54) is 0 Å². The summed E-state index contributed by atoms with van der Waals surface area (Å²) < 4.78 is 11.7. The van der Waals surface area contributed by atoms with Gasteiger partial charge in [-0.2, -0.15) is 0 Å². The molecule has 0 bridgehead atoms. The minimum absolute atomic E-state index is 0. The molecule has 202 valence electrons. The molecule has 7 nitrogen and oxygen atoms in total. The summed E-state index contributed by atoms with van der Waals surface area (Å²) in [7, 11) is 0. The van der Waals surface area contributed by atoms with Gasteiger partial charge in [0.15, 0.2) is 0 Å². The van der Waals surface area contributed by atoms with E-state index in [9.17, 15) is 9.90 Å². The highest BCUT2D eigenvalue weighted by Crippen LogP contribution is 2.40. The molecule has 0 saturated carbocycles. The van der Waals surface area contributed by atoms with Crippen molar-refractivity contribution in [2.75, 3.05) is 44.4 Å². The third kappa shape index (κ3) is 6.65. The number of anilines is 1. The first-order valence-corrected chi connectivity index (χ1v) is 12.5. The fraction of sp³-hybridized carbons (Fsp3) is 0.259. The SMILES string of the molecule is Cl.Cl.O=C(O)c1cccnc1N1CCN(CCC=C2c3cc(Cl)ccc3OCOc3ccc(Cl)cc32)CC1. The number of nitrogens with zero attached hydrogens (tertiary/aromatic N) is 3. The molecule has 38 heavy (non-hydrogen) atoms. The lowest BCUT2D eigenvalue weighted by Gasteiger charge is -2.35. The number of rotatable bonds is 5. The lowest BCUT2D eigenvalue weighted by atomic mass is 9.95. The number of fused-ring (bicyclic) bond motifs is 2. The van der Waals surface area contributed by atoms with Gasteiger partial charge in [-0.05, 0) is 60.5 Å². The molecule has 0 atom stereocenters. The Hall–Kier alpha value is -2.68. The van der Waals surface area contributed by atoms with Gasteiger partial charge < -0.3 is 19.5 Å². The summed E-state index contributed by atoms with van der Waals surface area (Å²) in [6.07, 6.45) is 4.60. The van der Waals surface area contributed by atoms with Crippen LogP contribution in [0.4, 0.5) is 5.82 Å². The van der Waals surface area contributed by atoms with Gasteiger partial charge in [0.1, 0.15) is 22.9 Å². The molecule has 0 spiro atoms. The standard InChI is InChI=1S/C27H25Cl2N3O4.2ClH/c28-18-5-7-24-22(15-18)20(23-16-19(29)6-8-25(23)36-17-35-24)4-2-10-31-11-13-32(14-12-31)26-21(27(33)34)3-1-9-30-26;;/h1,3-9,15-16H,2,10-14,17H2,(H,33,34);2*1H. The van der Waals surface area contributed by atoms with Crippen molar-refractivity contribution in [3.05, 3.63) is 87.5 Å². The average Bonchev–Trinajstić information content (AvgIpc) is 2.88. The maximum absolute atomic E-state index is 11.6. The van der Waals surface area contributed by atoms with Crippen LogP contribution >= 0.6 is 48.0 Å². The van der Waals surface area contributed by atoms with Crippen molar-refractivity contribution in [3.63, 3.8) is 0 Å². The van der Waals surface area contributed by atoms with E-state index in [0.29, 0.717) is 40.5 Å². The molecule has 2 aromatic carbocycles. The lowest BCUT2D eigenvalue weighted by molar-refractivity contribution is 0.0697. The van der Waals surface area contributed by atoms with Crippen LogP contribution in [0, 0.1) is 0 Å². The number of carbonyl (C=O) groups is 1. The van der Waals surface area contributed by atoms with E-state index in [1.54, 1.807) is 30.5 Å². The molecule has 0 radical (unpaired) electrons. The van der Waals surface area contributed by atoms with Crippen LogP contribution in [-0.4, -0.2) is 60.5 Å². The van der Waals surface area contributed by atoms with Crippen molar-refractivity contribution in [2.45, 2.75) is 6.42 Å². The number of carboxylic acids is 1. The van der Waals surface area contributed by atoms with Gasteiger partial charge in [0.25, 0.3) is 0 Å². The van der Waals surface area contributed by atoms with Crippen molar-refractivity contribution in [2.24, 2.45) is 0 Å². The molecule has 1 N–H and O–H groups in total. The Morgan fingerprint density at radius 2 is 1.55 bits per heavy atom. The Morgan fingerprint density at radius 1 is 0.947 bits per heavy atom. The number of ether oxygens (including phenoxy) is 2. The van der Waals surface area contributed by atoms with Crippen LogP contribution in [0.3, 0.4) is 0 Å². The second-order valence-electron chi connectivity index (χ2n) is 8.60. The van der Waals surface area contributed by atoms with Gasteiger partial charge >= 0.3 is 5.97 Å². The zero-order valence-corrected chi connectivity index (χ0v) is 23.5. The summed E-state index contributed by atoms with van der Waals surface area (Å²) in [5, 5.41) is 10.7. The van der Waals surface area contributed by atoms with Gasteiger partial charge in [-0.1, -0.05) is 29.3 Å².